The molecule has 3 aromatic rings. The first-order valence-electron chi connectivity index (χ1n) is 8.23. The van der Waals surface area contributed by atoms with Crippen LogP contribution in [0.1, 0.15) is 20.7 Å². The number of benzene rings is 2. The van der Waals surface area contributed by atoms with Crippen LogP contribution >= 0.6 is 11.3 Å². The van der Waals surface area contributed by atoms with Crippen LogP contribution in [-0.4, -0.2) is 36.8 Å². The van der Waals surface area contributed by atoms with Crippen molar-refractivity contribution in [1.82, 2.24) is 4.57 Å². The highest BCUT2D eigenvalue weighted by atomic mass is 32.1. The smallest absolute Gasteiger partial charge is 0.337 e. The van der Waals surface area contributed by atoms with Crippen molar-refractivity contribution < 1.29 is 23.8 Å². The van der Waals surface area contributed by atoms with Gasteiger partial charge < -0.3 is 18.8 Å². The minimum Gasteiger partial charge on any atom is -0.486 e. The number of aromatic nitrogens is 1. The lowest BCUT2D eigenvalue weighted by Crippen LogP contribution is -2.15. The van der Waals surface area contributed by atoms with Crippen LogP contribution in [0.15, 0.2) is 41.4 Å². The van der Waals surface area contributed by atoms with E-state index in [0.717, 1.165) is 10.2 Å². The number of thiazole rings is 1. The molecule has 2 heterocycles. The van der Waals surface area contributed by atoms with Gasteiger partial charge in [-0.05, 0) is 24.3 Å². The van der Waals surface area contributed by atoms with E-state index >= 15 is 0 Å². The van der Waals surface area contributed by atoms with E-state index in [0.29, 0.717) is 40.6 Å². The molecule has 0 aliphatic carbocycles. The second-order valence-electron chi connectivity index (χ2n) is 5.89. The standard InChI is InChI=1S/C19H16N2O5S/c1-21-13-9-14-15(26-8-7-25-14)10-16(13)27-19(21)20-17(22)11-3-5-12(6-4-11)18(23)24-2/h3-6,9-10H,7-8H2,1-2H3. The SMILES string of the molecule is COC(=O)c1ccc(C(=O)N=c2sc3cc4c(cc3n2C)OCCO4)cc1. The van der Waals surface area contributed by atoms with Crippen LogP contribution in [0.5, 0.6) is 11.5 Å². The van der Waals surface area contributed by atoms with Crippen LogP contribution in [0, 0.1) is 0 Å². The number of esters is 1. The van der Waals surface area contributed by atoms with E-state index in [9.17, 15) is 9.59 Å². The van der Waals surface area contributed by atoms with Gasteiger partial charge in [0.1, 0.15) is 13.2 Å². The molecule has 0 bridgehead atoms. The summed E-state index contributed by atoms with van der Waals surface area (Å²) in [5, 5.41) is 0. The van der Waals surface area contributed by atoms with Gasteiger partial charge in [0.2, 0.25) is 0 Å². The Morgan fingerprint density at radius 2 is 1.70 bits per heavy atom. The summed E-state index contributed by atoms with van der Waals surface area (Å²) in [5.41, 5.74) is 1.69. The monoisotopic (exact) mass is 384 g/mol. The molecule has 0 spiro atoms. The van der Waals surface area contributed by atoms with Gasteiger partial charge in [-0.15, -0.1) is 0 Å². The van der Waals surface area contributed by atoms with Crippen LogP contribution in [-0.2, 0) is 11.8 Å². The molecule has 0 saturated carbocycles. The van der Waals surface area contributed by atoms with E-state index < -0.39 is 5.97 Å². The van der Waals surface area contributed by atoms with Crippen LogP contribution in [0.25, 0.3) is 10.2 Å². The summed E-state index contributed by atoms with van der Waals surface area (Å²) in [4.78, 5) is 28.8. The van der Waals surface area contributed by atoms with E-state index in [1.807, 2.05) is 23.7 Å². The third kappa shape index (κ3) is 3.19. The number of carbonyl (C=O) groups excluding carboxylic acids is 2. The van der Waals surface area contributed by atoms with Crippen molar-refractivity contribution in [3.05, 3.63) is 52.3 Å². The molecule has 27 heavy (non-hydrogen) atoms. The van der Waals surface area contributed by atoms with Crippen molar-refractivity contribution in [3.8, 4) is 11.5 Å². The van der Waals surface area contributed by atoms with Gasteiger partial charge in [-0.1, -0.05) is 11.3 Å². The Morgan fingerprint density at radius 1 is 1.07 bits per heavy atom. The average Bonchev–Trinajstić information content (AvgIpc) is 3.00. The fourth-order valence-electron chi connectivity index (χ4n) is 2.79. The molecule has 1 aliphatic rings. The molecular weight excluding hydrogens is 368 g/mol. The van der Waals surface area contributed by atoms with Gasteiger partial charge in [-0.25, -0.2) is 4.79 Å². The normalized spacial score (nSPS) is 13.6. The summed E-state index contributed by atoms with van der Waals surface area (Å²) < 4.78 is 18.7. The van der Waals surface area contributed by atoms with E-state index in [4.69, 9.17) is 9.47 Å². The molecule has 0 unspecified atom stereocenters. The zero-order valence-corrected chi connectivity index (χ0v) is 15.5. The maximum absolute atomic E-state index is 12.5. The number of hydrogen-bond acceptors (Lipinski definition) is 6. The molecule has 0 radical (unpaired) electrons. The minimum atomic E-state index is -0.449. The van der Waals surface area contributed by atoms with Crippen molar-refractivity contribution in [2.45, 2.75) is 0 Å². The molecule has 138 valence electrons. The highest BCUT2D eigenvalue weighted by Crippen LogP contribution is 2.35. The van der Waals surface area contributed by atoms with Gasteiger partial charge in [0.15, 0.2) is 16.3 Å². The Hall–Kier alpha value is -3.13. The maximum atomic E-state index is 12.5. The van der Waals surface area contributed by atoms with Crippen LogP contribution < -0.4 is 14.3 Å². The number of nitrogens with zero attached hydrogens (tertiary/aromatic N) is 2. The Morgan fingerprint density at radius 3 is 2.37 bits per heavy atom. The predicted octanol–water partition coefficient (Wildman–Crippen LogP) is 2.54. The molecule has 0 saturated heterocycles. The number of fused-ring (bicyclic) bond motifs is 2. The summed E-state index contributed by atoms with van der Waals surface area (Å²) in [6, 6.07) is 10.0. The Kier molecular flexibility index (Phi) is 4.41. The summed E-state index contributed by atoms with van der Waals surface area (Å²) in [6.07, 6.45) is 0. The zero-order valence-electron chi connectivity index (χ0n) is 14.7. The van der Waals surface area contributed by atoms with Gasteiger partial charge >= 0.3 is 5.97 Å². The van der Waals surface area contributed by atoms with Crippen molar-refractivity contribution >= 4 is 33.4 Å². The van der Waals surface area contributed by atoms with Gasteiger partial charge in [0.05, 0.1) is 22.9 Å². The van der Waals surface area contributed by atoms with Crippen molar-refractivity contribution in [1.29, 1.82) is 0 Å². The second-order valence-corrected chi connectivity index (χ2v) is 6.90. The molecule has 0 fully saturated rings. The molecule has 7 nitrogen and oxygen atoms in total. The molecule has 4 rings (SSSR count). The lowest BCUT2D eigenvalue weighted by molar-refractivity contribution is 0.0600. The third-order valence-electron chi connectivity index (χ3n) is 4.22. The lowest BCUT2D eigenvalue weighted by atomic mass is 10.1. The quantitative estimate of drug-likeness (QED) is 0.635. The average molecular weight is 384 g/mol. The highest BCUT2D eigenvalue weighted by Gasteiger charge is 2.16. The molecular formula is C19H16N2O5S. The summed E-state index contributed by atoms with van der Waals surface area (Å²) in [7, 11) is 3.16. The first-order valence-corrected chi connectivity index (χ1v) is 9.05. The Balaban J connectivity index is 1.70. The van der Waals surface area contributed by atoms with Crippen molar-refractivity contribution in [2.75, 3.05) is 20.3 Å². The Labute approximate surface area is 158 Å². The third-order valence-corrected chi connectivity index (χ3v) is 5.32. The minimum absolute atomic E-state index is 0.382. The number of carbonyl (C=O) groups is 2. The summed E-state index contributed by atoms with van der Waals surface area (Å²) in [6.45, 7) is 1.04. The maximum Gasteiger partial charge on any atom is 0.337 e. The number of aryl methyl sites for hydroxylation is 1. The Bertz CT molecular complexity index is 1110. The van der Waals surface area contributed by atoms with Crippen LogP contribution in [0.4, 0.5) is 0 Å². The molecule has 8 heteroatoms. The fourth-order valence-corrected chi connectivity index (χ4v) is 3.82. The number of methoxy groups -OCH3 is 1. The summed E-state index contributed by atoms with van der Waals surface area (Å²) in [5.74, 6) is 0.561. The van der Waals surface area contributed by atoms with Crippen LogP contribution in [0.3, 0.4) is 0 Å². The van der Waals surface area contributed by atoms with E-state index in [1.165, 1.54) is 18.4 Å². The predicted molar refractivity (Wildman–Crippen MR) is 99.5 cm³/mol. The molecule has 2 aromatic carbocycles. The molecule has 0 N–H and O–H groups in total. The highest BCUT2D eigenvalue weighted by molar-refractivity contribution is 7.16. The molecule has 1 aromatic heterocycles. The number of hydrogen-bond donors (Lipinski definition) is 0. The van der Waals surface area contributed by atoms with Gasteiger partial charge in [0.25, 0.3) is 5.91 Å². The molecule has 1 amide bonds. The van der Waals surface area contributed by atoms with Gasteiger partial charge in [-0.3, -0.25) is 4.79 Å². The fraction of sp³-hybridized carbons (Fsp3) is 0.211. The van der Waals surface area contributed by atoms with Gasteiger partial charge in [-0.2, -0.15) is 4.99 Å². The van der Waals surface area contributed by atoms with Gasteiger partial charge in [0, 0.05) is 24.7 Å². The molecule has 0 atom stereocenters. The van der Waals surface area contributed by atoms with E-state index in [-0.39, 0.29) is 5.91 Å². The second kappa shape index (κ2) is 6.88. The van der Waals surface area contributed by atoms with E-state index in [2.05, 4.69) is 9.73 Å². The topological polar surface area (TPSA) is 79.1 Å². The first-order chi connectivity index (χ1) is 13.1. The largest absolute Gasteiger partial charge is 0.486 e. The summed E-state index contributed by atoms with van der Waals surface area (Å²) >= 11 is 1.40. The van der Waals surface area contributed by atoms with Crippen molar-refractivity contribution in [3.63, 3.8) is 0 Å². The lowest BCUT2D eigenvalue weighted by Gasteiger charge is -2.18. The molecule has 1 aliphatic heterocycles. The number of ether oxygens (including phenoxy) is 3. The first kappa shape index (κ1) is 17.3. The zero-order chi connectivity index (χ0) is 19.0. The van der Waals surface area contributed by atoms with Crippen molar-refractivity contribution in [2.24, 2.45) is 12.0 Å². The van der Waals surface area contributed by atoms with E-state index in [1.54, 1.807) is 24.3 Å². The number of amides is 1. The van der Waals surface area contributed by atoms with Crippen LogP contribution in [0.2, 0.25) is 0 Å². The number of rotatable bonds is 2.